The van der Waals surface area contributed by atoms with E-state index in [9.17, 15) is 4.79 Å². The number of aromatic nitrogens is 1. The predicted octanol–water partition coefficient (Wildman–Crippen LogP) is 2.27. The van der Waals surface area contributed by atoms with Gasteiger partial charge in [-0.3, -0.25) is 4.79 Å². The maximum atomic E-state index is 11.0. The molecule has 1 heterocycles. The Morgan fingerprint density at radius 3 is 2.68 bits per heavy atom. The summed E-state index contributed by atoms with van der Waals surface area (Å²) in [6.45, 7) is 1.99. The molecule has 2 rings (SSSR count). The molecule has 0 aliphatic rings. The highest BCUT2D eigenvalue weighted by atomic mass is 16.5. The Morgan fingerprint density at radius 2 is 2.05 bits per heavy atom. The summed E-state index contributed by atoms with van der Waals surface area (Å²) in [7, 11) is 0. The molecular formula is C15H15NO3. The van der Waals surface area contributed by atoms with Gasteiger partial charge in [0.05, 0.1) is 12.2 Å². The van der Waals surface area contributed by atoms with E-state index in [-0.39, 0.29) is 6.61 Å². The fourth-order valence-electron chi connectivity index (χ4n) is 1.73. The largest absolute Gasteiger partial charge is 0.472 e. The lowest BCUT2D eigenvalue weighted by molar-refractivity contribution is 0.111. The Morgan fingerprint density at radius 1 is 1.32 bits per heavy atom. The second kappa shape index (κ2) is 6.11. The van der Waals surface area contributed by atoms with Gasteiger partial charge in [-0.15, -0.1) is 0 Å². The van der Waals surface area contributed by atoms with Gasteiger partial charge in [0.2, 0.25) is 5.88 Å². The van der Waals surface area contributed by atoms with Crippen LogP contribution in [0.4, 0.5) is 0 Å². The van der Waals surface area contributed by atoms with Crippen molar-refractivity contribution in [1.82, 2.24) is 4.98 Å². The SMILES string of the molecule is Cc1nc(OCc2ccccc2)c(C=O)cc1CO. The molecule has 0 aliphatic heterocycles. The molecule has 0 saturated heterocycles. The van der Waals surface area contributed by atoms with Gasteiger partial charge in [0.1, 0.15) is 6.61 Å². The Labute approximate surface area is 111 Å². The minimum Gasteiger partial charge on any atom is -0.472 e. The van der Waals surface area contributed by atoms with Crippen molar-refractivity contribution in [3.63, 3.8) is 0 Å². The topological polar surface area (TPSA) is 59.4 Å². The molecule has 0 saturated carbocycles. The van der Waals surface area contributed by atoms with Crippen LogP contribution in [0.3, 0.4) is 0 Å². The first-order chi connectivity index (χ1) is 9.24. The molecule has 4 heteroatoms. The van der Waals surface area contributed by atoms with Crippen molar-refractivity contribution in [2.75, 3.05) is 0 Å². The smallest absolute Gasteiger partial charge is 0.224 e. The Bertz CT molecular complexity index is 567. The van der Waals surface area contributed by atoms with Gasteiger partial charge < -0.3 is 9.84 Å². The van der Waals surface area contributed by atoms with Crippen LogP contribution in [0.5, 0.6) is 5.88 Å². The number of pyridine rings is 1. The zero-order valence-electron chi connectivity index (χ0n) is 10.7. The highest BCUT2D eigenvalue weighted by Crippen LogP contribution is 2.19. The number of carbonyl (C=O) groups is 1. The summed E-state index contributed by atoms with van der Waals surface area (Å²) in [6, 6.07) is 11.3. The standard InChI is InChI=1S/C15H15NO3/c1-11-13(8-17)7-14(9-18)15(16-11)19-10-12-5-3-2-4-6-12/h2-7,9,17H,8,10H2,1H3. The first-order valence-electron chi connectivity index (χ1n) is 5.98. The van der Waals surface area contributed by atoms with Crippen LogP contribution in [0.25, 0.3) is 0 Å². The average molecular weight is 257 g/mol. The fourth-order valence-corrected chi connectivity index (χ4v) is 1.73. The first kappa shape index (κ1) is 13.2. The molecular weight excluding hydrogens is 242 g/mol. The summed E-state index contributed by atoms with van der Waals surface area (Å²) < 4.78 is 5.57. The number of aliphatic hydroxyl groups is 1. The summed E-state index contributed by atoms with van der Waals surface area (Å²) in [5, 5.41) is 9.14. The maximum Gasteiger partial charge on any atom is 0.224 e. The zero-order valence-corrected chi connectivity index (χ0v) is 10.7. The van der Waals surface area contributed by atoms with E-state index in [1.165, 1.54) is 0 Å². The van der Waals surface area contributed by atoms with Gasteiger partial charge in [-0.1, -0.05) is 30.3 Å². The van der Waals surface area contributed by atoms with Crippen molar-refractivity contribution in [1.29, 1.82) is 0 Å². The quantitative estimate of drug-likeness (QED) is 0.835. The molecule has 0 amide bonds. The molecule has 4 nitrogen and oxygen atoms in total. The number of aldehydes is 1. The van der Waals surface area contributed by atoms with Crippen molar-refractivity contribution in [2.45, 2.75) is 20.1 Å². The van der Waals surface area contributed by atoms with E-state index in [0.717, 1.165) is 5.56 Å². The van der Waals surface area contributed by atoms with Crippen LogP contribution in [0.15, 0.2) is 36.4 Å². The minimum absolute atomic E-state index is 0.140. The third kappa shape index (κ3) is 3.17. The Hall–Kier alpha value is -2.20. The highest BCUT2D eigenvalue weighted by molar-refractivity contribution is 5.78. The summed E-state index contributed by atoms with van der Waals surface area (Å²) >= 11 is 0. The molecule has 98 valence electrons. The van der Waals surface area contributed by atoms with Gasteiger partial charge in [-0.2, -0.15) is 0 Å². The summed E-state index contributed by atoms with van der Waals surface area (Å²) in [4.78, 5) is 15.2. The van der Waals surface area contributed by atoms with Gasteiger partial charge in [0.15, 0.2) is 6.29 Å². The normalized spacial score (nSPS) is 10.2. The lowest BCUT2D eigenvalue weighted by Crippen LogP contribution is -2.04. The highest BCUT2D eigenvalue weighted by Gasteiger charge is 2.09. The van der Waals surface area contributed by atoms with Crippen molar-refractivity contribution in [2.24, 2.45) is 0 Å². The number of nitrogens with zero attached hydrogens (tertiary/aromatic N) is 1. The number of carbonyl (C=O) groups excluding carboxylic acids is 1. The van der Waals surface area contributed by atoms with Crippen LogP contribution in [-0.4, -0.2) is 16.4 Å². The Balaban J connectivity index is 2.20. The van der Waals surface area contributed by atoms with Crippen molar-refractivity contribution in [3.8, 4) is 5.88 Å². The Kier molecular flexibility index (Phi) is 4.26. The van der Waals surface area contributed by atoms with Crippen molar-refractivity contribution >= 4 is 6.29 Å². The molecule has 2 aromatic rings. The van der Waals surface area contributed by atoms with E-state index < -0.39 is 0 Å². The molecule has 0 fully saturated rings. The van der Waals surface area contributed by atoms with Crippen LogP contribution in [0, 0.1) is 6.92 Å². The monoisotopic (exact) mass is 257 g/mol. The van der Waals surface area contributed by atoms with Crippen LogP contribution in [0.1, 0.15) is 27.2 Å². The molecule has 0 unspecified atom stereocenters. The van der Waals surface area contributed by atoms with Crippen LogP contribution < -0.4 is 4.74 Å². The maximum absolute atomic E-state index is 11.0. The van der Waals surface area contributed by atoms with E-state index in [1.54, 1.807) is 13.0 Å². The molecule has 0 atom stereocenters. The molecule has 0 radical (unpaired) electrons. The minimum atomic E-state index is -0.140. The molecule has 0 spiro atoms. The third-order valence-corrected chi connectivity index (χ3v) is 2.83. The van der Waals surface area contributed by atoms with E-state index in [1.807, 2.05) is 30.3 Å². The van der Waals surface area contributed by atoms with Gasteiger partial charge in [-0.05, 0) is 24.1 Å². The predicted molar refractivity (Wildman–Crippen MR) is 71.1 cm³/mol. The number of aryl methyl sites for hydroxylation is 1. The fraction of sp³-hybridized carbons (Fsp3) is 0.200. The second-order valence-corrected chi connectivity index (χ2v) is 4.18. The van der Waals surface area contributed by atoms with E-state index in [0.29, 0.717) is 35.6 Å². The average Bonchev–Trinajstić information content (AvgIpc) is 2.46. The first-order valence-corrected chi connectivity index (χ1v) is 5.98. The zero-order chi connectivity index (χ0) is 13.7. The number of ether oxygens (including phenoxy) is 1. The number of aliphatic hydroxyl groups excluding tert-OH is 1. The van der Waals surface area contributed by atoms with Gasteiger partial charge >= 0.3 is 0 Å². The molecule has 19 heavy (non-hydrogen) atoms. The molecule has 1 aromatic carbocycles. The summed E-state index contributed by atoms with van der Waals surface area (Å²) in [5.74, 6) is 0.300. The van der Waals surface area contributed by atoms with E-state index in [4.69, 9.17) is 9.84 Å². The third-order valence-electron chi connectivity index (χ3n) is 2.83. The summed E-state index contributed by atoms with van der Waals surface area (Å²) in [5.41, 5.74) is 2.65. The van der Waals surface area contributed by atoms with Gasteiger partial charge in [-0.25, -0.2) is 4.98 Å². The van der Waals surface area contributed by atoms with Gasteiger partial charge in [0, 0.05) is 5.69 Å². The number of hydrogen-bond donors (Lipinski definition) is 1. The summed E-state index contributed by atoms with van der Waals surface area (Å²) in [6.07, 6.45) is 0.686. The van der Waals surface area contributed by atoms with E-state index in [2.05, 4.69) is 4.98 Å². The molecule has 0 bridgehead atoms. The molecule has 1 N–H and O–H groups in total. The van der Waals surface area contributed by atoms with Crippen molar-refractivity contribution in [3.05, 3.63) is 58.8 Å². The van der Waals surface area contributed by atoms with E-state index >= 15 is 0 Å². The van der Waals surface area contributed by atoms with Crippen LogP contribution >= 0.6 is 0 Å². The molecule has 1 aromatic heterocycles. The second-order valence-electron chi connectivity index (χ2n) is 4.18. The number of benzene rings is 1. The lowest BCUT2D eigenvalue weighted by Gasteiger charge is -2.10. The van der Waals surface area contributed by atoms with Crippen LogP contribution in [0.2, 0.25) is 0 Å². The van der Waals surface area contributed by atoms with Crippen LogP contribution in [-0.2, 0) is 13.2 Å². The number of hydrogen-bond acceptors (Lipinski definition) is 4. The molecule has 0 aliphatic carbocycles. The lowest BCUT2D eigenvalue weighted by atomic mass is 10.1. The van der Waals surface area contributed by atoms with Gasteiger partial charge in [0.25, 0.3) is 0 Å². The number of rotatable bonds is 5. The van der Waals surface area contributed by atoms with Crippen molar-refractivity contribution < 1.29 is 14.6 Å².